The first-order chi connectivity index (χ1) is 9.17. The number of ether oxygens (including phenoxy) is 1. The molecule has 1 rings (SSSR count). The molecular weight excluding hydrogens is 236 g/mol. The SMILES string of the molecule is CCC(CC)N(CCOC)c1ccc(CN)c(C)c1. The Hall–Kier alpha value is -1.06. The summed E-state index contributed by atoms with van der Waals surface area (Å²) in [4.78, 5) is 2.46. The summed E-state index contributed by atoms with van der Waals surface area (Å²) in [7, 11) is 1.76. The summed E-state index contributed by atoms with van der Waals surface area (Å²) in [5.41, 5.74) is 9.51. The first-order valence-corrected chi connectivity index (χ1v) is 7.23. The molecule has 0 bridgehead atoms. The van der Waals surface area contributed by atoms with E-state index in [0.717, 1.165) is 26.0 Å². The van der Waals surface area contributed by atoms with Crippen molar-refractivity contribution in [3.05, 3.63) is 29.3 Å². The molecule has 3 nitrogen and oxygen atoms in total. The van der Waals surface area contributed by atoms with Crippen LogP contribution in [0.2, 0.25) is 0 Å². The smallest absolute Gasteiger partial charge is 0.0637 e. The lowest BCUT2D eigenvalue weighted by molar-refractivity contribution is 0.202. The Morgan fingerprint density at radius 1 is 1.26 bits per heavy atom. The van der Waals surface area contributed by atoms with E-state index in [9.17, 15) is 0 Å². The zero-order chi connectivity index (χ0) is 14.3. The van der Waals surface area contributed by atoms with Gasteiger partial charge in [-0.05, 0) is 43.0 Å². The highest BCUT2D eigenvalue weighted by Crippen LogP contribution is 2.23. The lowest BCUT2D eigenvalue weighted by Crippen LogP contribution is -2.37. The summed E-state index contributed by atoms with van der Waals surface area (Å²) in [5, 5.41) is 0. The molecule has 0 saturated heterocycles. The van der Waals surface area contributed by atoms with Gasteiger partial charge in [-0.15, -0.1) is 0 Å². The van der Waals surface area contributed by atoms with E-state index < -0.39 is 0 Å². The minimum Gasteiger partial charge on any atom is -0.383 e. The molecule has 0 spiro atoms. The van der Waals surface area contributed by atoms with Crippen LogP contribution in [0.5, 0.6) is 0 Å². The molecule has 0 saturated carbocycles. The van der Waals surface area contributed by atoms with Crippen molar-refractivity contribution in [2.75, 3.05) is 25.2 Å². The third-order valence-corrected chi connectivity index (χ3v) is 3.80. The zero-order valence-corrected chi connectivity index (χ0v) is 12.8. The standard InChI is InChI=1S/C16H28N2O/c1-5-15(6-2)18(9-10-19-4)16-8-7-14(12-17)13(3)11-16/h7-8,11,15H,5-6,9-10,12,17H2,1-4H3. The molecule has 0 aromatic heterocycles. The minimum absolute atomic E-state index is 0.568. The molecule has 0 unspecified atom stereocenters. The lowest BCUT2D eigenvalue weighted by atomic mass is 10.0. The van der Waals surface area contributed by atoms with Crippen LogP contribution in [0.1, 0.15) is 37.8 Å². The van der Waals surface area contributed by atoms with E-state index >= 15 is 0 Å². The van der Waals surface area contributed by atoms with Crippen molar-refractivity contribution in [2.45, 2.75) is 46.2 Å². The van der Waals surface area contributed by atoms with Crippen LogP contribution in [0.4, 0.5) is 5.69 Å². The van der Waals surface area contributed by atoms with Crippen molar-refractivity contribution in [3.8, 4) is 0 Å². The lowest BCUT2D eigenvalue weighted by Gasteiger charge is -2.33. The molecule has 0 aliphatic heterocycles. The van der Waals surface area contributed by atoms with Crippen molar-refractivity contribution < 1.29 is 4.74 Å². The van der Waals surface area contributed by atoms with Crippen molar-refractivity contribution in [3.63, 3.8) is 0 Å². The minimum atomic E-state index is 0.568. The maximum atomic E-state index is 5.74. The molecule has 0 heterocycles. The Morgan fingerprint density at radius 3 is 2.42 bits per heavy atom. The van der Waals surface area contributed by atoms with Gasteiger partial charge in [-0.25, -0.2) is 0 Å². The zero-order valence-electron chi connectivity index (χ0n) is 12.8. The van der Waals surface area contributed by atoms with Crippen LogP contribution in [-0.4, -0.2) is 26.3 Å². The number of benzene rings is 1. The molecule has 2 N–H and O–H groups in total. The summed E-state index contributed by atoms with van der Waals surface area (Å²) in [6.45, 7) is 8.92. The Labute approximate surface area is 117 Å². The molecule has 1 aromatic carbocycles. The fourth-order valence-corrected chi connectivity index (χ4v) is 2.53. The van der Waals surface area contributed by atoms with Crippen molar-refractivity contribution in [1.29, 1.82) is 0 Å². The first-order valence-electron chi connectivity index (χ1n) is 7.23. The monoisotopic (exact) mass is 264 g/mol. The van der Waals surface area contributed by atoms with Gasteiger partial charge in [-0.1, -0.05) is 19.9 Å². The van der Waals surface area contributed by atoms with E-state index in [4.69, 9.17) is 10.5 Å². The second-order valence-electron chi connectivity index (χ2n) is 4.97. The van der Waals surface area contributed by atoms with E-state index in [1.807, 2.05) is 0 Å². The summed E-state index contributed by atoms with van der Waals surface area (Å²) in [6.07, 6.45) is 2.30. The van der Waals surface area contributed by atoms with E-state index in [0.29, 0.717) is 12.6 Å². The number of nitrogens with zero attached hydrogens (tertiary/aromatic N) is 1. The summed E-state index contributed by atoms with van der Waals surface area (Å²) < 4.78 is 5.25. The number of nitrogens with two attached hydrogens (primary N) is 1. The molecule has 0 aliphatic rings. The predicted octanol–water partition coefficient (Wildman–Crippen LogP) is 3.10. The normalized spacial score (nSPS) is 11.1. The quantitative estimate of drug-likeness (QED) is 0.784. The van der Waals surface area contributed by atoms with Gasteiger partial charge in [0, 0.05) is 31.9 Å². The number of hydrogen-bond donors (Lipinski definition) is 1. The van der Waals surface area contributed by atoms with Gasteiger partial charge in [0.1, 0.15) is 0 Å². The van der Waals surface area contributed by atoms with Gasteiger partial charge >= 0.3 is 0 Å². The average Bonchev–Trinajstić information content (AvgIpc) is 2.43. The highest BCUT2D eigenvalue weighted by molar-refractivity contribution is 5.51. The van der Waals surface area contributed by atoms with Gasteiger partial charge in [-0.3, -0.25) is 0 Å². The molecule has 0 fully saturated rings. The Balaban J connectivity index is 2.98. The van der Waals surface area contributed by atoms with Crippen LogP contribution >= 0.6 is 0 Å². The highest BCUT2D eigenvalue weighted by atomic mass is 16.5. The molecule has 0 aliphatic carbocycles. The second-order valence-corrected chi connectivity index (χ2v) is 4.97. The fourth-order valence-electron chi connectivity index (χ4n) is 2.53. The molecule has 19 heavy (non-hydrogen) atoms. The Kier molecular flexibility index (Phi) is 6.89. The van der Waals surface area contributed by atoms with Gasteiger partial charge in [0.05, 0.1) is 6.61 Å². The van der Waals surface area contributed by atoms with Gasteiger partial charge in [0.15, 0.2) is 0 Å². The van der Waals surface area contributed by atoms with Crippen LogP contribution in [0.3, 0.4) is 0 Å². The maximum absolute atomic E-state index is 5.74. The average molecular weight is 264 g/mol. The molecule has 0 radical (unpaired) electrons. The first kappa shape index (κ1) is 16.0. The second kappa shape index (κ2) is 8.18. The third kappa shape index (κ3) is 4.22. The number of anilines is 1. The van der Waals surface area contributed by atoms with Gasteiger partial charge in [-0.2, -0.15) is 0 Å². The van der Waals surface area contributed by atoms with Crippen LogP contribution in [0.15, 0.2) is 18.2 Å². The molecule has 3 heteroatoms. The Morgan fingerprint density at radius 2 is 1.95 bits per heavy atom. The summed E-state index contributed by atoms with van der Waals surface area (Å²) >= 11 is 0. The van der Waals surface area contributed by atoms with E-state index in [1.54, 1.807) is 7.11 Å². The van der Waals surface area contributed by atoms with Crippen molar-refractivity contribution in [1.82, 2.24) is 0 Å². The molecular formula is C16H28N2O. The molecule has 0 atom stereocenters. The van der Waals surface area contributed by atoms with Crippen LogP contribution < -0.4 is 10.6 Å². The van der Waals surface area contributed by atoms with Gasteiger partial charge in [0.25, 0.3) is 0 Å². The number of rotatable bonds is 8. The van der Waals surface area contributed by atoms with E-state index in [1.165, 1.54) is 16.8 Å². The van der Waals surface area contributed by atoms with Crippen LogP contribution in [0.25, 0.3) is 0 Å². The fraction of sp³-hybridized carbons (Fsp3) is 0.625. The number of methoxy groups -OCH3 is 1. The van der Waals surface area contributed by atoms with Gasteiger partial charge in [0.2, 0.25) is 0 Å². The number of hydrogen-bond acceptors (Lipinski definition) is 3. The largest absolute Gasteiger partial charge is 0.383 e. The predicted molar refractivity (Wildman–Crippen MR) is 82.7 cm³/mol. The molecule has 108 valence electrons. The third-order valence-electron chi connectivity index (χ3n) is 3.80. The van der Waals surface area contributed by atoms with Crippen molar-refractivity contribution >= 4 is 5.69 Å². The molecule has 0 amide bonds. The maximum Gasteiger partial charge on any atom is 0.0637 e. The van der Waals surface area contributed by atoms with E-state index in [2.05, 4.69) is 43.9 Å². The van der Waals surface area contributed by atoms with Crippen molar-refractivity contribution in [2.24, 2.45) is 5.73 Å². The number of aryl methyl sites for hydroxylation is 1. The van der Waals surface area contributed by atoms with Crippen LogP contribution in [-0.2, 0) is 11.3 Å². The van der Waals surface area contributed by atoms with Gasteiger partial charge < -0.3 is 15.4 Å². The summed E-state index contributed by atoms with van der Waals surface area (Å²) in [6, 6.07) is 7.14. The Bertz CT molecular complexity index is 375. The van der Waals surface area contributed by atoms with Crippen LogP contribution in [0, 0.1) is 6.92 Å². The highest BCUT2D eigenvalue weighted by Gasteiger charge is 2.16. The topological polar surface area (TPSA) is 38.5 Å². The molecule has 1 aromatic rings. The summed E-state index contributed by atoms with van der Waals surface area (Å²) in [5.74, 6) is 0. The van der Waals surface area contributed by atoms with E-state index in [-0.39, 0.29) is 0 Å².